The van der Waals surface area contributed by atoms with E-state index < -0.39 is 0 Å². The molecule has 1 aliphatic carbocycles. The number of ether oxygens (including phenoxy) is 1. The van der Waals surface area contributed by atoms with Gasteiger partial charge in [0, 0.05) is 24.9 Å². The van der Waals surface area contributed by atoms with Crippen molar-refractivity contribution in [2.75, 3.05) is 20.2 Å². The molecule has 0 bridgehead atoms. The first-order valence-corrected chi connectivity index (χ1v) is 8.45. The molecule has 1 aliphatic heterocycles. The lowest BCUT2D eigenvalue weighted by atomic mass is 9.83. The van der Waals surface area contributed by atoms with Crippen molar-refractivity contribution in [2.45, 2.75) is 50.7 Å². The summed E-state index contributed by atoms with van der Waals surface area (Å²) in [6.07, 6.45) is 3.65. The molecule has 0 radical (unpaired) electrons. The van der Waals surface area contributed by atoms with Gasteiger partial charge in [-0.05, 0) is 25.7 Å². The van der Waals surface area contributed by atoms with Crippen molar-refractivity contribution < 1.29 is 19.4 Å². The van der Waals surface area contributed by atoms with Gasteiger partial charge >= 0.3 is 6.03 Å². The van der Waals surface area contributed by atoms with Gasteiger partial charge < -0.3 is 20.5 Å². The number of rotatable bonds is 3. The lowest BCUT2D eigenvalue weighted by molar-refractivity contribution is -0.119. The number of aliphatic hydroxyl groups is 1. The predicted molar refractivity (Wildman–Crippen MR) is 85.7 cm³/mol. The molecule has 0 spiro atoms. The van der Waals surface area contributed by atoms with Gasteiger partial charge in [-0.25, -0.2) is 4.79 Å². The Bertz CT molecular complexity index is 620. The summed E-state index contributed by atoms with van der Waals surface area (Å²) >= 11 is 0. The molecular formula is C16H24N4O4. The van der Waals surface area contributed by atoms with E-state index in [9.17, 15) is 14.7 Å². The van der Waals surface area contributed by atoms with Gasteiger partial charge in [0.05, 0.1) is 37.3 Å². The van der Waals surface area contributed by atoms with Crippen LogP contribution < -0.4 is 10.6 Å². The van der Waals surface area contributed by atoms with Gasteiger partial charge in [-0.15, -0.1) is 0 Å². The van der Waals surface area contributed by atoms with E-state index in [4.69, 9.17) is 4.74 Å². The summed E-state index contributed by atoms with van der Waals surface area (Å²) in [4.78, 5) is 23.7. The van der Waals surface area contributed by atoms with Crippen LogP contribution in [0.25, 0.3) is 0 Å². The number of fused-ring (bicyclic) bond motifs is 1. The van der Waals surface area contributed by atoms with Gasteiger partial charge in [0.2, 0.25) is 5.91 Å². The van der Waals surface area contributed by atoms with Crippen LogP contribution in [-0.4, -0.2) is 53.1 Å². The lowest BCUT2D eigenvalue weighted by Gasteiger charge is -2.25. The standard InChI is InChI=1S/C16H24N4O4/c1-17-14(22)8-18-16(23)20-13-6-7-24-9-12(13)15(19-20)10-2-4-11(21)5-3-10/h10-11,21H,2-9H2,1H3,(H,17,22)(H,18,23). The Balaban J connectivity index is 1.82. The SMILES string of the molecule is CNC(=O)CNC(=O)n1nc(C2CCC(O)CC2)c2c1CCOC2. The first-order valence-electron chi connectivity index (χ1n) is 8.45. The maximum absolute atomic E-state index is 12.4. The predicted octanol–water partition coefficient (Wildman–Crippen LogP) is 0.278. The van der Waals surface area contributed by atoms with Gasteiger partial charge in [0.1, 0.15) is 0 Å². The molecule has 0 saturated heterocycles. The van der Waals surface area contributed by atoms with Crippen LogP contribution in [0.2, 0.25) is 0 Å². The van der Waals surface area contributed by atoms with Gasteiger partial charge in [-0.1, -0.05) is 0 Å². The second kappa shape index (κ2) is 7.31. The molecule has 8 heteroatoms. The Morgan fingerprint density at radius 1 is 1.33 bits per heavy atom. The summed E-state index contributed by atoms with van der Waals surface area (Å²) in [7, 11) is 1.53. The average molecular weight is 336 g/mol. The Hall–Kier alpha value is -1.93. The second-order valence-corrected chi connectivity index (χ2v) is 6.36. The van der Waals surface area contributed by atoms with E-state index in [0.717, 1.165) is 42.6 Å². The van der Waals surface area contributed by atoms with Gasteiger partial charge in [-0.2, -0.15) is 9.78 Å². The number of aromatic nitrogens is 2. The third kappa shape index (κ3) is 3.44. The van der Waals surface area contributed by atoms with Crippen LogP contribution in [0.15, 0.2) is 0 Å². The molecule has 3 rings (SSSR count). The molecule has 3 N–H and O–H groups in total. The maximum atomic E-state index is 12.4. The normalized spacial score (nSPS) is 23.4. The maximum Gasteiger partial charge on any atom is 0.342 e. The number of amides is 2. The van der Waals surface area contributed by atoms with Crippen LogP contribution in [0, 0.1) is 0 Å². The van der Waals surface area contributed by atoms with Crippen molar-refractivity contribution in [3.05, 3.63) is 17.0 Å². The minimum Gasteiger partial charge on any atom is -0.393 e. The zero-order valence-electron chi connectivity index (χ0n) is 13.9. The van der Waals surface area contributed by atoms with E-state index >= 15 is 0 Å². The zero-order chi connectivity index (χ0) is 17.1. The van der Waals surface area contributed by atoms with Crippen LogP contribution in [0.1, 0.15) is 48.6 Å². The Morgan fingerprint density at radius 3 is 2.79 bits per heavy atom. The summed E-state index contributed by atoms with van der Waals surface area (Å²) < 4.78 is 6.95. The van der Waals surface area contributed by atoms with Crippen LogP contribution in [0.4, 0.5) is 4.79 Å². The van der Waals surface area contributed by atoms with E-state index in [-0.39, 0.29) is 30.5 Å². The second-order valence-electron chi connectivity index (χ2n) is 6.36. The number of hydrogen-bond acceptors (Lipinski definition) is 5. The van der Waals surface area contributed by atoms with E-state index in [2.05, 4.69) is 15.7 Å². The average Bonchev–Trinajstić information content (AvgIpc) is 3.00. The number of carbonyl (C=O) groups excluding carboxylic acids is 2. The van der Waals surface area contributed by atoms with Crippen molar-refractivity contribution >= 4 is 11.9 Å². The molecule has 2 aliphatic rings. The van der Waals surface area contributed by atoms with Gasteiger partial charge in [-0.3, -0.25) is 4.79 Å². The highest BCUT2D eigenvalue weighted by Gasteiger charge is 2.30. The fourth-order valence-corrected chi connectivity index (χ4v) is 3.43. The Kier molecular flexibility index (Phi) is 5.15. The minimum absolute atomic E-state index is 0.0780. The van der Waals surface area contributed by atoms with Crippen molar-refractivity contribution in [3.63, 3.8) is 0 Å². The molecule has 0 aromatic carbocycles. The highest BCUT2D eigenvalue weighted by Crippen LogP contribution is 2.36. The number of carbonyl (C=O) groups is 2. The molecule has 8 nitrogen and oxygen atoms in total. The Morgan fingerprint density at radius 2 is 2.08 bits per heavy atom. The number of hydrogen-bond donors (Lipinski definition) is 3. The zero-order valence-corrected chi connectivity index (χ0v) is 13.9. The fraction of sp³-hybridized carbons (Fsp3) is 0.688. The molecule has 1 aromatic heterocycles. The van der Waals surface area contributed by atoms with Crippen molar-refractivity contribution in [2.24, 2.45) is 0 Å². The van der Waals surface area contributed by atoms with Crippen LogP contribution in [0.3, 0.4) is 0 Å². The molecule has 1 aromatic rings. The highest BCUT2D eigenvalue weighted by atomic mass is 16.5. The fourth-order valence-electron chi connectivity index (χ4n) is 3.43. The van der Waals surface area contributed by atoms with Crippen LogP contribution in [-0.2, 0) is 22.6 Å². The number of nitrogens with one attached hydrogen (secondary N) is 2. The number of nitrogens with zero attached hydrogens (tertiary/aromatic N) is 2. The molecule has 132 valence electrons. The number of likely N-dealkylation sites (N-methyl/N-ethyl adjacent to an activating group) is 1. The van der Waals surface area contributed by atoms with E-state index in [1.54, 1.807) is 0 Å². The highest BCUT2D eigenvalue weighted by molar-refractivity contribution is 5.84. The Labute approximate surface area is 140 Å². The lowest BCUT2D eigenvalue weighted by Crippen LogP contribution is -2.38. The quantitative estimate of drug-likeness (QED) is 0.735. The summed E-state index contributed by atoms with van der Waals surface area (Å²) in [5, 5.41) is 19.3. The van der Waals surface area contributed by atoms with Crippen molar-refractivity contribution in [1.29, 1.82) is 0 Å². The monoisotopic (exact) mass is 336 g/mol. The molecule has 24 heavy (non-hydrogen) atoms. The molecule has 2 amide bonds. The summed E-state index contributed by atoms with van der Waals surface area (Å²) in [5.41, 5.74) is 2.78. The van der Waals surface area contributed by atoms with E-state index in [1.807, 2.05) is 0 Å². The van der Waals surface area contributed by atoms with Crippen LogP contribution >= 0.6 is 0 Å². The summed E-state index contributed by atoms with van der Waals surface area (Å²) in [5.74, 6) is -0.00830. The first-order chi connectivity index (χ1) is 11.6. The molecule has 0 atom stereocenters. The number of aliphatic hydroxyl groups excluding tert-OH is 1. The van der Waals surface area contributed by atoms with E-state index in [1.165, 1.54) is 11.7 Å². The van der Waals surface area contributed by atoms with Crippen molar-refractivity contribution in [3.8, 4) is 0 Å². The first kappa shape index (κ1) is 16.9. The third-order valence-electron chi connectivity index (χ3n) is 4.81. The summed E-state index contributed by atoms with van der Waals surface area (Å²) in [6, 6.07) is -0.390. The topological polar surface area (TPSA) is 105 Å². The minimum atomic E-state index is -0.390. The molecule has 0 unspecified atom stereocenters. The third-order valence-corrected chi connectivity index (χ3v) is 4.81. The smallest absolute Gasteiger partial charge is 0.342 e. The van der Waals surface area contributed by atoms with E-state index in [0.29, 0.717) is 19.6 Å². The van der Waals surface area contributed by atoms with Crippen LogP contribution in [0.5, 0.6) is 0 Å². The summed E-state index contributed by atoms with van der Waals surface area (Å²) in [6.45, 7) is 0.947. The largest absolute Gasteiger partial charge is 0.393 e. The molecule has 1 fully saturated rings. The van der Waals surface area contributed by atoms with Gasteiger partial charge in [0.15, 0.2) is 0 Å². The van der Waals surface area contributed by atoms with Crippen molar-refractivity contribution in [1.82, 2.24) is 20.4 Å². The molecule has 2 heterocycles. The molecular weight excluding hydrogens is 312 g/mol. The molecule has 1 saturated carbocycles. The van der Waals surface area contributed by atoms with Gasteiger partial charge in [0.25, 0.3) is 0 Å².